The molecule has 0 saturated carbocycles. The van der Waals surface area contributed by atoms with Crippen LogP contribution in [0.4, 0.5) is 0 Å². The summed E-state index contributed by atoms with van der Waals surface area (Å²) in [5, 5.41) is 13.3. The molecule has 98 valence electrons. The molecule has 0 aromatic carbocycles. The summed E-state index contributed by atoms with van der Waals surface area (Å²) in [4.78, 5) is 15.5. The molecule has 0 aliphatic carbocycles. The number of fused-ring (bicyclic) bond motifs is 1. The number of hydrogen-bond acceptors (Lipinski definition) is 6. The Morgan fingerprint density at radius 1 is 1.44 bits per heavy atom. The zero-order valence-corrected chi connectivity index (χ0v) is 11.1. The highest BCUT2D eigenvalue weighted by molar-refractivity contribution is 7.99. The predicted octanol–water partition coefficient (Wildman–Crippen LogP) is 0.806. The number of H-pyrrole nitrogens is 1. The van der Waals surface area contributed by atoms with E-state index in [4.69, 9.17) is 5.11 Å². The molecule has 0 amide bonds. The van der Waals surface area contributed by atoms with E-state index in [1.807, 2.05) is 0 Å². The Morgan fingerprint density at radius 2 is 2.33 bits per heavy atom. The number of nitrogens with zero attached hydrogens (tertiary/aromatic N) is 3. The highest BCUT2D eigenvalue weighted by atomic mass is 32.2. The third-order valence-corrected chi connectivity index (χ3v) is 3.73. The number of aliphatic hydroxyl groups excluding tert-OH is 1. The molecule has 0 fully saturated rings. The number of aromatic amines is 1. The summed E-state index contributed by atoms with van der Waals surface area (Å²) in [5.41, 5.74) is 1.57. The maximum absolute atomic E-state index is 9.01. The van der Waals surface area contributed by atoms with Crippen molar-refractivity contribution in [2.24, 2.45) is 0 Å². The molecule has 2 heterocycles. The van der Waals surface area contributed by atoms with E-state index in [1.54, 1.807) is 18.1 Å². The first kappa shape index (κ1) is 13.3. The first-order valence-electron chi connectivity index (χ1n) is 5.96. The van der Waals surface area contributed by atoms with Gasteiger partial charge in [0.1, 0.15) is 16.9 Å². The highest BCUT2D eigenvalue weighted by Gasteiger charge is 2.11. The molecule has 2 rings (SSSR count). The Hall–Kier alpha value is -1.18. The van der Waals surface area contributed by atoms with Crippen LogP contribution in [-0.4, -0.2) is 50.0 Å². The number of aliphatic hydroxyl groups is 1. The third kappa shape index (κ3) is 3.18. The van der Waals surface area contributed by atoms with Gasteiger partial charge in [0.2, 0.25) is 0 Å². The normalized spacial score (nSPS) is 13.0. The second kappa shape index (κ2) is 6.67. The van der Waals surface area contributed by atoms with Gasteiger partial charge in [0.25, 0.3) is 0 Å². The standard InChI is InChI=1S/C11H17N5OS/c1-2-12-8(3-4-17)5-18-11-9-10(14-6-13-9)15-7-16-11/h6-8,12,17H,2-5H2,1H3,(H,13,14,15,16). The van der Waals surface area contributed by atoms with E-state index in [0.29, 0.717) is 5.65 Å². The second-order valence-corrected chi connectivity index (χ2v) is 4.87. The maximum atomic E-state index is 9.01. The van der Waals surface area contributed by atoms with E-state index >= 15 is 0 Å². The summed E-state index contributed by atoms with van der Waals surface area (Å²) in [7, 11) is 0. The van der Waals surface area contributed by atoms with Crippen LogP contribution in [-0.2, 0) is 0 Å². The van der Waals surface area contributed by atoms with Crippen molar-refractivity contribution < 1.29 is 5.11 Å². The number of hydrogen-bond donors (Lipinski definition) is 3. The quantitative estimate of drug-likeness (QED) is 0.508. The van der Waals surface area contributed by atoms with Crippen LogP contribution in [0.5, 0.6) is 0 Å². The van der Waals surface area contributed by atoms with E-state index in [9.17, 15) is 0 Å². The van der Waals surface area contributed by atoms with Gasteiger partial charge in [-0.3, -0.25) is 0 Å². The SMILES string of the molecule is CCNC(CCO)CSc1ncnc2nc[nH]c12. The van der Waals surface area contributed by atoms with Gasteiger partial charge in [0.15, 0.2) is 5.65 Å². The largest absolute Gasteiger partial charge is 0.396 e. The molecule has 6 nitrogen and oxygen atoms in total. The van der Waals surface area contributed by atoms with Crippen molar-refractivity contribution in [2.45, 2.75) is 24.4 Å². The zero-order chi connectivity index (χ0) is 12.8. The fourth-order valence-electron chi connectivity index (χ4n) is 1.72. The lowest BCUT2D eigenvalue weighted by Crippen LogP contribution is -2.32. The fourth-order valence-corrected chi connectivity index (χ4v) is 2.78. The van der Waals surface area contributed by atoms with E-state index in [1.165, 1.54) is 6.33 Å². The van der Waals surface area contributed by atoms with Gasteiger partial charge in [-0.25, -0.2) is 15.0 Å². The molecule has 7 heteroatoms. The van der Waals surface area contributed by atoms with Crippen molar-refractivity contribution in [3.8, 4) is 0 Å². The number of aromatic nitrogens is 4. The first-order chi connectivity index (χ1) is 8.85. The number of rotatable bonds is 7. The second-order valence-electron chi connectivity index (χ2n) is 3.86. The molecule has 0 radical (unpaired) electrons. The molecule has 0 bridgehead atoms. The first-order valence-corrected chi connectivity index (χ1v) is 6.94. The summed E-state index contributed by atoms with van der Waals surface area (Å²) < 4.78 is 0. The minimum absolute atomic E-state index is 0.196. The summed E-state index contributed by atoms with van der Waals surface area (Å²) >= 11 is 1.65. The lowest BCUT2D eigenvalue weighted by molar-refractivity contribution is 0.271. The lowest BCUT2D eigenvalue weighted by Gasteiger charge is -2.15. The van der Waals surface area contributed by atoms with Gasteiger partial charge in [-0.15, -0.1) is 11.8 Å². The van der Waals surface area contributed by atoms with Crippen LogP contribution in [0, 0.1) is 0 Å². The van der Waals surface area contributed by atoms with Crippen LogP contribution in [0.15, 0.2) is 17.7 Å². The fraction of sp³-hybridized carbons (Fsp3) is 0.545. The Labute approximate surface area is 110 Å². The van der Waals surface area contributed by atoms with Crippen LogP contribution in [0.2, 0.25) is 0 Å². The van der Waals surface area contributed by atoms with E-state index in [2.05, 4.69) is 32.2 Å². The van der Waals surface area contributed by atoms with E-state index in [0.717, 1.165) is 29.3 Å². The zero-order valence-electron chi connectivity index (χ0n) is 10.3. The molecule has 0 aliphatic rings. The lowest BCUT2D eigenvalue weighted by atomic mass is 10.2. The van der Waals surface area contributed by atoms with Gasteiger partial charge >= 0.3 is 0 Å². The number of imidazole rings is 1. The molecule has 3 N–H and O–H groups in total. The highest BCUT2D eigenvalue weighted by Crippen LogP contribution is 2.22. The van der Waals surface area contributed by atoms with Crippen molar-refractivity contribution in [2.75, 3.05) is 18.9 Å². The molecule has 2 aromatic heterocycles. The van der Waals surface area contributed by atoms with E-state index < -0.39 is 0 Å². The van der Waals surface area contributed by atoms with Gasteiger partial charge in [0, 0.05) is 18.4 Å². The Balaban J connectivity index is 2.02. The van der Waals surface area contributed by atoms with Crippen LogP contribution in [0.25, 0.3) is 11.2 Å². The van der Waals surface area contributed by atoms with Crippen LogP contribution < -0.4 is 5.32 Å². The number of thioether (sulfide) groups is 1. The molecule has 1 atom stereocenters. The van der Waals surface area contributed by atoms with Gasteiger partial charge < -0.3 is 15.4 Å². The molecule has 18 heavy (non-hydrogen) atoms. The Kier molecular flexibility index (Phi) is 4.91. The summed E-state index contributed by atoms with van der Waals surface area (Å²) in [6, 6.07) is 0.290. The third-order valence-electron chi connectivity index (χ3n) is 2.58. The molecule has 0 spiro atoms. The van der Waals surface area contributed by atoms with Gasteiger partial charge in [0.05, 0.1) is 6.33 Å². The topological polar surface area (TPSA) is 86.7 Å². The molecule has 2 aromatic rings. The molecule has 0 aliphatic heterocycles. The smallest absolute Gasteiger partial charge is 0.181 e. The van der Waals surface area contributed by atoms with Crippen molar-refractivity contribution >= 4 is 22.9 Å². The molecular weight excluding hydrogens is 250 g/mol. The van der Waals surface area contributed by atoms with Gasteiger partial charge in [-0.2, -0.15) is 0 Å². The minimum atomic E-state index is 0.196. The summed E-state index contributed by atoms with van der Waals surface area (Å²) in [6.45, 7) is 3.16. The average molecular weight is 267 g/mol. The summed E-state index contributed by atoms with van der Waals surface area (Å²) in [5.74, 6) is 0.861. The van der Waals surface area contributed by atoms with Crippen molar-refractivity contribution in [3.05, 3.63) is 12.7 Å². The van der Waals surface area contributed by atoms with Crippen molar-refractivity contribution in [1.82, 2.24) is 25.3 Å². The van der Waals surface area contributed by atoms with Crippen molar-refractivity contribution in [3.63, 3.8) is 0 Å². The van der Waals surface area contributed by atoms with Crippen molar-refractivity contribution in [1.29, 1.82) is 0 Å². The molecule has 1 unspecified atom stereocenters. The average Bonchev–Trinajstić information content (AvgIpc) is 2.85. The van der Waals surface area contributed by atoms with Crippen LogP contribution in [0.3, 0.4) is 0 Å². The maximum Gasteiger partial charge on any atom is 0.181 e. The van der Waals surface area contributed by atoms with Crippen LogP contribution in [0.1, 0.15) is 13.3 Å². The van der Waals surface area contributed by atoms with Gasteiger partial charge in [-0.1, -0.05) is 6.92 Å². The molecular formula is C11H17N5OS. The van der Waals surface area contributed by atoms with Crippen LogP contribution >= 0.6 is 11.8 Å². The Morgan fingerprint density at radius 3 is 3.11 bits per heavy atom. The number of nitrogens with one attached hydrogen (secondary N) is 2. The monoisotopic (exact) mass is 267 g/mol. The Bertz CT molecular complexity index is 483. The summed E-state index contributed by atoms with van der Waals surface area (Å²) in [6.07, 6.45) is 3.90. The van der Waals surface area contributed by atoms with E-state index in [-0.39, 0.29) is 12.6 Å². The minimum Gasteiger partial charge on any atom is -0.396 e. The van der Waals surface area contributed by atoms with Gasteiger partial charge in [-0.05, 0) is 13.0 Å². The predicted molar refractivity (Wildman–Crippen MR) is 71.6 cm³/mol. The molecule has 0 saturated heterocycles.